The molecule has 19 heavy (non-hydrogen) atoms. The number of hydrogen-bond donors (Lipinski definition) is 3. The van der Waals surface area contributed by atoms with Crippen LogP contribution >= 0.6 is 0 Å². The minimum Gasteiger partial charge on any atom is -0.481 e. The van der Waals surface area contributed by atoms with E-state index in [1.807, 2.05) is 6.07 Å². The molecule has 6 heteroatoms. The van der Waals surface area contributed by atoms with Gasteiger partial charge >= 0.3 is 5.97 Å². The van der Waals surface area contributed by atoms with Crippen LogP contribution in [-0.4, -0.2) is 27.2 Å². The van der Waals surface area contributed by atoms with E-state index in [2.05, 4.69) is 15.5 Å². The van der Waals surface area contributed by atoms with Crippen molar-refractivity contribution in [3.05, 3.63) is 24.4 Å². The Balaban J connectivity index is 2.15. The molecule has 0 aliphatic rings. The van der Waals surface area contributed by atoms with Gasteiger partial charge in [-0.3, -0.25) is 14.7 Å². The molecule has 0 bridgehead atoms. The first kappa shape index (κ1) is 13.1. The average molecular weight is 261 g/mol. The smallest absolute Gasteiger partial charge is 0.309 e. The predicted molar refractivity (Wildman–Crippen MR) is 70.8 cm³/mol. The number of anilines is 1. The summed E-state index contributed by atoms with van der Waals surface area (Å²) in [6.45, 7) is 3.04. The van der Waals surface area contributed by atoms with E-state index < -0.39 is 11.4 Å². The maximum atomic E-state index is 11.9. The number of aromatic nitrogens is 2. The van der Waals surface area contributed by atoms with Gasteiger partial charge in [0.1, 0.15) is 0 Å². The van der Waals surface area contributed by atoms with Crippen molar-refractivity contribution in [2.45, 2.75) is 20.3 Å². The number of aliphatic carboxylic acids is 1. The highest BCUT2D eigenvalue weighted by molar-refractivity contribution is 6.01. The minimum atomic E-state index is -1.09. The maximum Gasteiger partial charge on any atom is 0.309 e. The lowest BCUT2D eigenvalue weighted by atomic mass is 9.89. The summed E-state index contributed by atoms with van der Waals surface area (Å²) < 4.78 is 0. The zero-order valence-electron chi connectivity index (χ0n) is 10.7. The molecule has 0 saturated heterocycles. The van der Waals surface area contributed by atoms with Crippen molar-refractivity contribution in [3.63, 3.8) is 0 Å². The number of fused-ring (bicyclic) bond motifs is 1. The predicted octanol–water partition coefficient (Wildman–Crippen LogP) is 2.00. The molecule has 100 valence electrons. The van der Waals surface area contributed by atoms with Gasteiger partial charge in [0.15, 0.2) is 0 Å². The van der Waals surface area contributed by atoms with Crippen molar-refractivity contribution in [2.75, 3.05) is 5.32 Å². The number of hydrogen-bond acceptors (Lipinski definition) is 3. The third kappa shape index (κ3) is 2.73. The van der Waals surface area contributed by atoms with Gasteiger partial charge in [-0.05, 0) is 26.0 Å². The third-order valence-corrected chi connectivity index (χ3v) is 2.94. The molecule has 0 saturated carbocycles. The molecule has 1 heterocycles. The first-order valence-electron chi connectivity index (χ1n) is 5.85. The van der Waals surface area contributed by atoms with Crippen LogP contribution in [0.3, 0.4) is 0 Å². The van der Waals surface area contributed by atoms with Crippen LogP contribution in [0.1, 0.15) is 20.3 Å². The van der Waals surface area contributed by atoms with Crippen LogP contribution in [0.25, 0.3) is 10.9 Å². The molecule has 0 spiro atoms. The largest absolute Gasteiger partial charge is 0.481 e. The molecule has 6 nitrogen and oxygen atoms in total. The molecular weight excluding hydrogens is 246 g/mol. The number of nitrogens with zero attached hydrogens (tertiary/aromatic N) is 1. The number of carbonyl (C=O) groups is 2. The van der Waals surface area contributed by atoms with Crippen molar-refractivity contribution in [3.8, 4) is 0 Å². The first-order chi connectivity index (χ1) is 8.90. The van der Waals surface area contributed by atoms with Crippen molar-refractivity contribution in [2.24, 2.45) is 5.41 Å². The van der Waals surface area contributed by atoms with Gasteiger partial charge in [0, 0.05) is 11.8 Å². The first-order valence-corrected chi connectivity index (χ1v) is 5.85. The zero-order valence-corrected chi connectivity index (χ0v) is 10.7. The summed E-state index contributed by atoms with van der Waals surface area (Å²) in [6, 6.07) is 5.39. The van der Waals surface area contributed by atoms with E-state index in [1.165, 1.54) is 13.8 Å². The Morgan fingerprint density at radius 2 is 2.16 bits per heavy atom. The standard InChI is InChI=1S/C13H15N3O3/c1-13(2,12(18)19)6-11(17)15-9-4-3-5-10-8(9)7-14-16-10/h3-5,7H,6H2,1-2H3,(H,14,16)(H,15,17)(H,18,19). The fourth-order valence-electron chi connectivity index (χ4n) is 1.75. The highest BCUT2D eigenvalue weighted by Crippen LogP contribution is 2.24. The summed E-state index contributed by atoms with van der Waals surface area (Å²) in [5, 5.41) is 19.2. The molecule has 0 aliphatic carbocycles. The Hall–Kier alpha value is -2.37. The summed E-state index contributed by atoms with van der Waals surface area (Å²) >= 11 is 0. The number of benzene rings is 1. The SMILES string of the molecule is CC(C)(CC(=O)Nc1cccc2[nH]ncc12)C(=O)O. The summed E-state index contributed by atoms with van der Waals surface area (Å²) in [5.41, 5.74) is 0.349. The van der Waals surface area contributed by atoms with E-state index >= 15 is 0 Å². The number of carboxylic acids is 1. The highest BCUT2D eigenvalue weighted by atomic mass is 16.4. The van der Waals surface area contributed by atoms with Crippen molar-refractivity contribution < 1.29 is 14.7 Å². The summed E-state index contributed by atoms with van der Waals surface area (Å²) in [4.78, 5) is 22.9. The normalized spacial score (nSPS) is 11.5. The van der Waals surface area contributed by atoms with Gasteiger partial charge < -0.3 is 10.4 Å². The number of amides is 1. The Kier molecular flexibility index (Phi) is 3.25. The fourth-order valence-corrected chi connectivity index (χ4v) is 1.75. The van der Waals surface area contributed by atoms with Crippen LogP contribution in [0.4, 0.5) is 5.69 Å². The number of nitrogens with one attached hydrogen (secondary N) is 2. The number of carboxylic acid groups (broad SMARTS) is 1. The van der Waals surface area contributed by atoms with E-state index in [0.29, 0.717) is 5.69 Å². The average Bonchev–Trinajstić information content (AvgIpc) is 2.77. The molecule has 0 fully saturated rings. The summed E-state index contributed by atoms with van der Waals surface area (Å²) in [7, 11) is 0. The van der Waals surface area contributed by atoms with E-state index in [4.69, 9.17) is 5.11 Å². The molecule has 2 rings (SSSR count). The molecule has 1 aromatic carbocycles. The van der Waals surface area contributed by atoms with Crippen LogP contribution < -0.4 is 5.32 Å². The maximum absolute atomic E-state index is 11.9. The second-order valence-corrected chi connectivity index (χ2v) is 5.05. The molecule has 0 atom stereocenters. The fraction of sp³-hybridized carbons (Fsp3) is 0.308. The Morgan fingerprint density at radius 3 is 2.84 bits per heavy atom. The molecular formula is C13H15N3O3. The number of aromatic amines is 1. The van der Waals surface area contributed by atoms with Gasteiger partial charge in [0.2, 0.25) is 5.91 Å². The van der Waals surface area contributed by atoms with E-state index in [1.54, 1.807) is 18.3 Å². The van der Waals surface area contributed by atoms with E-state index in [0.717, 1.165) is 10.9 Å². The Bertz CT molecular complexity index is 631. The van der Waals surface area contributed by atoms with E-state index in [9.17, 15) is 9.59 Å². The molecule has 2 aromatic rings. The molecule has 0 unspecified atom stereocenters. The highest BCUT2D eigenvalue weighted by Gasteiger charge is 2.30. The number of rotatable bonds is 4. The lowest BCUT2D eigenvalue weighted by Crippen LogP contribution is -2.29. The third-order valence-electron chi connectivity index (χ3n) is 2.94. The van der Waals surface area contributed by atoms with Crippen LogP contribution in [-0.2, 0) is 9.59 Å². The number of carbonyl (C=O) groups excluding carboxylic acids is 1. The molecule has 3 N–H and O–H groups in total. The van der Waals surface area contributed by atoms with Gasteiger partial charge in [-0.15, -0.1) is 0 Å². The van der Waals surface area contributed by atoms with Crippen LogP contribution in [0.5, 0.6) is 0 Å². The van der Waals surface area contributed by atoms with Crippen LogP contribution in [0, 0.1) is 5.41 Å². The van der Waals surface area contributed by atoms with Gasteiger partial charge in [-0.2, -0.15) is 5.10 Å². The second-order valence-electron chi connectivity index (χ2n) is 5.05. The van der Waals surface area contributed by atoms with Gasteiger partial charge in [-0.25, -0.2) is 0 Å². The summed E-state index contributed by atoms with van der Waals surface area (Å²) in [6.07, 6.45) is 1.53. The molecule has 1 amide bonds. The topological polar surface area (TPSA) is 95.1 Å². The van der Waals surface area contributed by atoms with Crippen molar-refractivity contribution in [1.29, 1.82) is 0 Å². The quantitative estimate of drug-likeness (QED) is 0.784. The van der Waals surface area contributed by atoms with Gasteiger partial charge in [0.05, 0.1) is 22.8 Å². The van der Waals surface area contributed by atoms with E-state index in [-0.39, 0.29) is 12.3 Å². The van der Waals surface area contributed by atoms with Gasteiger partial charge in [-0.1, -0.05) is 6.07 Å². The van der Waals surface area contributed by atoms with Crippen LogP contribution in [0.15, 0.2) is 24.4 Å². The Labute approximate surface area is 109 Å². The zero-order chi connectivity index (χ0) is 14.0. The van der Waals surface area contributed by atoms with Gasteiger partial charge in [0.25, 0.3) is 0 Å². The monoisotopic (exact) mass is 261 g/mol. The molecule has 0 radical (unpaired) electrons. The van der Waals surface area contributed by atoms with Crippen molar-refractivity contribution in [1.82, 2.24) is 10.2 Å². The lowest BCUT2D eigenvalue weighted by Gasteiger charge is -2.18. The summed E-state index contributed by atoms with van der Waals surface area (Å²) in [5.74, 6) is -1.33. The molecule has 0 aliphatic heterocycles. The Morgan fingerprint density at radius 1 is 1.42 bits per heavy atom. The van der Waals surface area contributed by atoms with Crippen molar-refractivity contribution >= 4 is 28.5 Å². The lowest BCUT2D eigenvalue weighted by molar-refractivity contribution is -0.148. The second kappa shape index (κ2) is 4.72. The molecule has 1 aromatic heterocycles. The number of H-pyrrole nitrogens is 1. The minimum absolute atomic E-state index is 0.0867. The van der Waals surface area contributed by atoms with Crippen LogP contribution in [0.2, 0.25) is 0 Å².